The van der Waals surface area contributed by atoms with E-state index >= 15 is 0 Å². The van der Waals surface area contributed by atoms with Crippen LogP contribution in [-0.4, -0.2) is 137 Å². The van der Waals surface area contributed by atoms with Crippen LogP contribution >= 0.6 is 0 Å². The van der Waals surface area contributed by atoms with Gasteiger partial charge in [-0.2, -0.15) is 13.0 Å². The molecule has 0 aliphatic carbocycles. The molecule has 0 bridgehead atoms. The molecule has 0 aromatic heterocycles. The Balaban J connectivity index is 1.17. The second kappa shape index (κ2) is 24.7. The van der Waals surface area contributed by atoms with Crippen molar-refractivity contribution in [3.8, 4) is 5.75 Å². The fourth-order valence-electron chi connectivity index (χ4n) is 9.77. The lowest BCUT2D eigenvalue weighted by atomic mass is 9.75. The van der Waals surface area contributed by atoms with E-state index in [2.05, 4.69) is 43.9 Å². The number of anilines is 1. The number of carbonyl (C=O) groups is 3. The van der Waals surface area contributed by atoms with Gasteiger partial charge in [0.25, 0.3) is 21.9 Å². The summed E-state index contributed by atoms with van der Waals surface area (Å²) in [5.74, 6) is -1.30. The monoisotopic (exact) mass is 1070 g/mol. The van der Waals surface area contributed by atoms with Gasteiger partial charge in [-0.3, -0.25) is 14.1 Å². The molecule has 1 N–H and O–H groups in total. The topological polar surface area (TPSA) is 228 Å². The molecule has 7 rings (SSSR count). The average Bonchev–Trinajstić information content (AvgIpc) is 3.79. The molecule has 1 fully saturated rings. The molecule has 18 nitrogen and oxygen atoms in total. The molecule has 4 aliphatic heterocycles. The van der Waals surface area contributed by atoms with E-state index < -0.39 is 54.1 Å². The van der Waals surface area contributed by atoms with Gasteiger partial charge in [-0.1, -0.05) is 60.7 Å². The summed E-state index contributed by atoms with van der Waals surface area (Å²) in [6.07, 6.45) is 13.4. The van der Waals surface area contributed by atoms with Gasteiger partial charge in [0.05, 0.1) is 67.9 Å². The van der Waals surface area contributed by atoms with Gasteiger partial charge in [0.2, 0.25) is 5.69 Å². The van der Waals surface area contributed by atoms with Crippen molar-refractivity contribution in [1.29, 1.82) is 0 Å². The summed E-state index contributed by atoms with van der Waals surface area (Å²) in [6, 6.07) is 18.0. The predicted molar refractivity (Wildman–Crippen MR) is 281 cm³/mol. The van der Waals surface area contributed by atoms with Gasteiger partial charge in [0.1, 0.15) is 28.2 Å². The molecule has 1 atom stereocenters. The minimum Gasteiger partial charge on any atom is -0.744 e. The number of amides is 2. The fourth-order valence-corrected chi connectivity index (χ4v) is 10.8. The Morgan fingerprint density at radius 2 is 1.53 bits per heavy atom. The van der Waals surface area contributed by atoms with Gasteiger partial charge >= 0.3 is 5.97 Å². The lowest BCUT2D eigenvalue weighted by molar-refractivity contribution is -0.437. The number of fused-ring (bicyclic) bond motifs is 3. The Morgan fingerprint density at radius 3 is 2.20 bits per heavy atom. The van der Waals surface area contributed by atoms with Crippen LogP contribution in [0.15, 0.2) is 108 Å². The van der Waals surface area contributed by atoms with E-state index in [0.29, 0.717) is 86.3 Å². The number of ether oxygens (including phenoxy) is 5. The number of benzene rings is 3. The number of rotatable bonds is 26. The van der Waals surface area contributed by atoms with Crippen LogP contribution in [0.4, 0.5) is 11.4 Å². The molecule has 0 radical (unpaired) electrons. The van der Waals surface area contributed by atoms with E-state index in [-0.39, 0.29) is 50.6 Å². The summed E-state index contributed by atoms with van der Waals surface area (Å²) in [5, 5.41) is 0.472. The summed E-state index contributed by atoms with van der Waals surface area (Å²) < 4.78 is 101. The first kappa shape index (κ1) is 56.6. The number of imide groups is 1. The molecule has 4 aliphatic rings. The summed E-state index contributed by atoms with van der Waals surface area (Å²) >= 11 is 0. The lowest BCUT2D eigenvalue weighted by Crippen LogP contribution is -2.46. The number of hydroxylamine groups is 2. The Bertz CT molecular complexity index is 3030. The van der Waals surface area contributed by atoms with E-state index in [9.17, 15) is 40.3 Å². The highest BCUT2D eigenvalue weighted by molar-refractivity contribution is 7.86. The number of hydrogen-bond acceptors (Lipinski definition) is 15. The van der Waals surface area contributed by atoms with E-state index in [1.165, 1.54) is 18.2 Å². The van der Waals surface area contributed by atoms with Crippen LogP contribution < -0.4 is 9.64 Å². The molecule has 0 spiro atoms. The Labute approximate surface area is 439 Å². The van der Waals surface area contributed by atoms with Gasteiger partial charge in [-0.05, 0) is 76.0 Å². The van der Waals surface area contributed by atoms with E-state index in [1.54, 1.807) is 19.3 Å². The third-order valence-electron chi connectivity index (χ3n) is 13.4. The van der Waals surface area contributed by atoms with Crippen molar-refractivity contribution < 1.29 is 73.4 Å². The maximum absolute atomic E-state index is 12.9. The Morgan fingerprint density at radius 1 is 0.853 bits per heavy atom. The number of nitrogens with zero attached hydrogens (tertiary/aromatic N) is 3. The third kappa shape index (κ3) is 14.2. The van der Waals surface area contributed by atoms with Crippen LogP contribution in [0.5, 0.6) is 5.75 Å². The fraction of sp³-hybridized carbons (Fsp3) is 0.418. The average molecular weight is 1070 g/mol. The number of hydrogen-bond donors (Lipinski definition) is 1. The molecule has 20 heteroatoms. The van der Waals surface area contributed by atoms with Crippen molar-refractivity contribution in [2.24, 2.45) is 0 Å². The molecule has 3 aromatic rings. The molecule has 75 heavy (non-hydrogen) atoms. The minimum absolute atomic E-state index is 0.0130. The van der Waals surface area contributed by atoms with Crippen LogP contribution in [-0.2, 0) is 63.8 Å². The largest absolute Gasteiger partial charge is 0.744 e. The molecular formula is C55H65N3O15S2. The van der Waals surface area contributed by atoms with E-state index in [0.717, 1.165) is 33.5 Å². The maximum Gasteiger partial charge on any atom is 0.333 e. The van der Waals surface area contributed by atoms with Gasteiger partial charge in [0.15, 0.2) is 5.71 Å². The second-order valence-electron chi connectivity index (χ2n) is 19.2. The number of methoxy groups -OCH3 is 1. The standard InChI is InChI=1S/C55H65N3O15S2/c1-39-38-54(2,3)57(25-26-69-29-30-71-32-31-70-28-27-68-5)47-37-49-44(36-43(39)47)41(34-48(72-49)40-14-8-6-9-15-40)16-10-7-11-17-50-55(4,23-12-18-53(61)73-58-51(59)21-22-52(58)60)45-35-42(75(65,66)67)19-20-46(45)56(50)24-13-33-74(62,63)64/h6-11,14-17,19-20,34-38H,12-13,18,21-33H2,1-5H3,(H-,62,63,64,65,66,67). The zero-order chi connectivity index (χ0) is 54.0. The van der Waals surface area contributed by atoms with Crippen molar-refractivity contribution >= 4 is 72.0 Å². The first-order valence-electron chi connectivity index (χ1n) is 24.9. The molecule has 1 saturated heterocycles. The summed E-state index contributed by atoms with van der Waals surface area (Å²) in [5.41, 5.74) is 5.90. The summed E-state index contributed by atoms with van der Waals surface area (Å²) in [4.78, 5) is 44.1. The van der Waals surface area contributed by atoms with Crippen molar-refractivity contribution in [2.75, 3.05) is 77.1 Å². The van der Waals surface area contributed by atoms with Crippen LogP contribution in [0, 0.1) is 0 Å². The zero-order valence-electron chi connectivity index (χ0n) is 42.9. The van der Waals surface area contributed by atoms with Crippen LogP contribution in [0.2, 0.25) is 0 Å². The molecule has 3 aromatic carbocycles. The normalized spacial score (nSPS) is 18.9. The predicted octanol–water partition coefficient (Wildman–Crippen LogP) is 7.33. The SMILES string of the molecule is COCCOCCOCCOCCN1c2cc3c(cc2C(C)=CC1(C)C)/C(=C/C=C/C=C/C1=[N+](CCCS(=O)(=O)O)c2ccc(S(=O)(=O)[O-])cc2C1(C)CCCC(=O)ON1C(=O)CCC1=O)C=C(c1ccccc1)O3. The maximum atomic E-state index is 12.9. The van der Waals surface area contributed by atoms with Crippen LogP contribution in [0.25, 0.3) is 16.9 Å². The quantitative estimate of drug-likeness (QED) is 0.0273. The lowest BCUT2D eigenvalue weighted by Gasteiger charge is -2.44. The van der Waals surface area contributed by atoms with Crippen LogP contribution in [0.1, 0.15) is 88.5 Å². The number of carbonyl (C=O) groups excluding carboxylic acids is 3. The van der Waals surface area contributed by atoms with E-state index in [4.69, 9.17) is 28.5 Å². The van der Waals surface area contributed by atoms with E-state index in [1.807, 2.05) is 66.1 Å². The molecule has 402 valence electrons. The summed E-state index contributed by atoms with van der Waals surface area (Å²) in [7, 11) is -7.62. The Hall–Kier alpha value is -6.10. The highest BCUT2D eigenvalue weighted by atomic mass is 32.2. The first-order valence-corrected chi connectivity index (χ1v) is 27.9. The molecule has 1 unspecified atom stereocenters. The second-order valence-corrected chi connectivity index (χ2v) is 22.2. The van der Waals surface area contributed by atoms with Gasteiger partial charge in [0, 0.05) is 85.5 Å². The molecule has 0 saturated carbocycles. The van der Waals surface area contributed by atoms with Crippen molar-refractivity contribution in [2.45, 2.75) is 82.1 Å². The molecule has 4 heterocycles. The third-order valence-corrected chi connectivity index (χ3v) is 15.0. The highest BCUT2D eigenvalue weighted by Gasteiger charge is 2.48. The summed E-state index contributed by atoms with van der Waals surface area (Å²) in [6.45, 7) is 12.3. The van der Waals surface area contributed by atoms with Gasteiger partial charge in [-0.15, -0.1) is 5.06 Å². The van der Waals surface area contributed by atoms with Crippen molar-refractivity contribution in [1.82, 2.24) is 5.06 Å². The van der Waals surface area contributed by atoms with Crippen molar-refractivity contribution in [3.63, 3.8) is 0 Å². The molecule has 2 amide bonds. The van der Waals surface area contributed by atoms with Gasteiger partial charge < -0.3 is 38.0 Å². The zero-order valence-corrected chi connectivity index (χ0v) is 44.6. The Kier molecular flexibility index (Phi) is 18.7. The minimum atomic E-state index is -4.91. The van der Waals surface area contributed by atoms with Crippen molar-refractivity contribution in [3.05, 3.63) is 125 Å². The van der Waals surface area contributed by atoms with Gasteiger partial charge in [-0.25, -0.2) is 13.2 Å². The van der Waals surface area contributed by atoms with Crippen LogP contribution in [0.3, 0.4) is 0 Å². The highest BCUT2D eigenvalue weighted by Crippen LogP contribution is 2.47. The first-order chi connectivity index (χ1) is 35.7. The molecular weight excluding hydrogens is 1010 g/mol. The smallest absolute Gasteiger partial charge is 0.333 e. The number of allylic oxidation sites excluding steroid dienone is 8.